The van der Waals surface area contributed by atoms with Crippen molar-refractivity contribution < 1.29 is 9.32 Å². The zero-order valence-electron chi connectivity index (χ0n) is 12.1. The molecule has 5 nitrogen and oxygen atoms in total. The third-order valence-electron chi connectivity index (χ3n) is 3.30. The molecule has 0 aliphatic heterocycles. The number of carbonyl (C=O) groups is 1. The van der Waals surface area contributed by atoms with Crippen molar-refractivity contribution in [1.29, 1.82) is 0 Å². The van der Waals surface area contributed by atoms with Crippen molar-refractivity contribution in [2.75, 3.05) is 0 Å². The highest BCUT2D eigenvalue weighted by Crippen LogP contribution is 2.23. The second kappa shape index (κ2) is 6.22. The second-order valence-corrected chi connectivity index (χ2v) is 4.98. The number of nitrogens with zero attached hydrogens (tertiary/aromatic N) is 2. The van der Waals surface area contributed by atoms with Gasteiger partial charge in [0.15, 0.2) is 5.76 Å². The maximum Gasteiger partial charge on any atom is 0.257 e. The number of hydrogen-bond acceptors (Lipinski definition) is 4. The van der Waals surface area contributed by atoms with Crippen molar-refractivity contribution in [2.45, 2.75) is 13.5 Å². The fourth-order valence-corrected chi connectivity index (χ4v) is 2.09. The van der Waals surface area contributed by atoms with E-state index in [1.165, 1.54) is 6.20 Å². The number of hydrogen-bond donors (Lipinski definition) is 1. The van der Waals surface area contributed by atoms with Crippen LogP contribution in [-0.2, 0) is 6.54 Å². The first-order chi connectivity index (χ1) is 10.7. The van der Waals surface area contributed by atoms with Gasteiger partial charge < -0.3 is 9.84 Å². The summed E-state index contributed by atoms with van der Waals surface area (Å²) in [6, 6.07) is 11.5. The lowest BCUT2D eigenvalue weighted by Crippen LogP contribution is -2.22. The Balaban J connectivity index is 1.76. The number of carbonyl (C=O) groups excluding carboxylic acids is 1. The fourth-order valence-electron chi connectivity index (χ4n) is 2.09. The number of rotatable bonds is 4. The van der Waals surface area contributed by atoms with Crippen LogP contribution >= 0.6 is 0 Å². The minimum atomic E-state index is -0.222. The Morgan fingerprint density at radius 3 is 2.73 bits per heavy atom. The lowest BCUT2D eigenvalue weighted by Gasteiger charge is -2.05. The summed E-state index contributed by atoms with van der Waals surface area (Å²) < 4.78 is 5.24. The quantitative estimate of drug-likeness (QED) is 0.803. The van der Waals surface area contributed by atoms with E-state index < -0.39 is 0 Å². The van der Waals surface area contributed by atoms with Crippen molar-refractivity contribution in [3.8, 4) is 11.3 Å². The van der Waals surface area contributed by atoms with E-state index >= 15 is 0 Å². The zero-order chi connectivity index (χ0) is 15.4. The molecular weight excluding hydrogens is 278 g/mol. The molecule has 1 aromatic carbocycles. The van der Waals surface area contributed by atoms with Gasteiger partial charge in [-0.05, 0) is 18.6 Å². The highest BCUT2D eigenvalue weighted by molar-refractivity contribution is 5.99. The van der Waals surface area contributed by atoms with Crippen LogP contribution in [0.25, 0.3) is 11.3 Å². The average molecular weight is 293 g/mol. The van der Waals surface area contributed by atoms with Gasteiger partial charge in [-0.2, -0.15) is 0 Å². The Labute approximate surface area is 128 Å². The van der Waals surface area contributed by atoms with Crippen LogP contribution in [-0.4, -0.2) is 16.0 Å². The highest BCUT2D eigenvalue weighted by atomic mass is 16.5. The molecule has 0 radical (unpaired) electrons. The molecule has 0 unspecified atom stereocenters. The van der Waals surface area contributed by atoms with Crippen LogP contribution in [0.1, 0.15) is 21.5 Å². The van der Waals surface area contributed by atoms with Crippen molar-refractivity contribution >= 4 is 5.91 Å². The normalized spacial score (nSPS) is 10.4. The Kier molecular flexibility index (Phi) is 3.96. The summed E-state index contributed by atoms with van der Waals surface area (Å²) in [6.45, 7) is 2.41. The van der Waals surface area contributed by atoms with E-state index in [0.29, 0.717) is 17.9 Å². The number of nitrogens with one attached hydrogen (secondary N) is 1. The number of amides is 1. The predicted molar refractivity (Wildman–Crippen MR) is 82.1 cm³/mol. The summed E-state index contributed by atoms with van der Waals surface area (Å²) in [4.78, 5) is 16.3. The van der Waals surface area contributed by atoms with E-state index in [0.717, 1.165) is 16.7 Å². The first-order valence-corrected chi connectivity index (χ1v) is 6.93. The van der Waals surface area contributed by atoms with Crippen LogP contribution in [0.3, 0.4) is 0 Å². The maximum absolute atomic E-state index is 12.3. The van der Waals surface area contributed by atoms with Crippen molar-refractivity contribution in [2.24, 2.45) is 0 Å². The van der Waals surface area contributed by atoms with Crippen molar-refractivity contribution in [1.82, 2.24) is 15.5 Å². The minimum absolute atomic E-state index is 0.222. The summed E-state index contributed by atoms with van der Waals surface area (Å²) in [5, 5.41) is 6.59. The molecule has 0 atom stereocenters. The molecule has 22 heavy (non-hydrogen) atoms. The van der Waals surface area contributed by atoms with E-state index in [4.69, 9.17) is 4.52 Å². The maximum atomic E-state index is 12.3. The van der Waals surface area contributed by atoms with E-state index in [-0.39, 0.29) is 5.91 Å². The van der Waals surface area contributed by atoms with Gasteiger partial charge in [0.2, 0.25) is 0 Å². The molecule has 3 aromatic rings. The molecule has 3 rings (SSSR count). The summed E-state index contributed by atoms with van der Waals surface area (Å²) in [5.41, 5.74) is 3.33. The number of aromatic nitrogens is 2. The molecule has 1 N–H and O–H groups in total. The number of benzene rings is 1. The highest BCUT2D eigenvalue weighted by Gasteiger charge is 2.17. The van der Waals surface area contributed by atoms with E-state index in [1.807, 2.05) is 43.3 Å². The molecule has 2 heterocycles. The Morgan fingerprint density at radius 2 is 2.00 bits per heavy atom. The first-order valence-electron chi connectivity index (χ1n) is 6.93. The zero-order valence-corrected chi connectivity index (χ0v) is 12.1. The van der Waals surface area contributed by atoms with Crippen LogP contribution < -0.4 is 5.32 Å². The van der Waals surface area contributed by atoms with Gasteiger partial charge in [0, 0.05) is 24.5 Å². The average Bonchev–Trinajstić information content (AvgIpc) is 3.04. The first kappa shape index (κ1) is 14.0. The van der Waals surface area contributed by atoms with Crippen LogP contribution in [0.2, 0.25) is 0 Å². The van der Waals surface area contributed by atoms with Crippen LogP contribution in [0, 0.1) is 6.92 Å². The Bertz CT molecular complexity index is 764. The molecule has 5 heteroatoms. The van der Waals surface area contributed by atoms with Crippen molar-refractivity contribution in [3.63, 3.8) is 0 Å². The molecule has 0 saturated heterocycles. The standard InChI is InChI=1S/C17H15N3O2/c1-12-4-6-14(7-5-12)16-15(11-20-22-16)17(21)19-10-13-3-2-8-18-9-13/h2-9,11H,10H2,1H3,(H,19,21). The van der Waals surface area contributed by atoms with Crippen molar-refractivity contribution in [3.05, 3.63) is 71.7 Å². The van der Waals surface area contributed by atoms with E-state index in [1.54, 1.807) is 12.4 Å². The Hall–Kier alpha value is -2.95. The fraction of sp³-hybridized carbons (Fsp3) is 0.118. The summed E-state index contributed by atoms with van der Waals surface area (Å²) in [5.74, 6) is 0.254. The monoisotopic (exact) mass is 293 g/mol. The molecule has 0 aliphatic rings. The number of pyridine rings is 1. The van der Waals surface area contributed by atoms with Gasteiger partial charge in [0.05, 0.1) is 6.20 Å². The molecule has 1 amide bonds. The molecule has 0 spiro atoms. The molecule has 0 aliphatic carbocycles. The predicted octanol–water partition coefficient (Wildman–Crippen LogP) is 2.98. The third kappa shape index (κ3) is 3.03. The topological polar surface area (TPSA) is 68.0 Å². The summed E-state index contributed by atoms with van der Waals surface area (Å²) >= 11 is 0. The largest absolute Gasteiger partial charge is 0.355 e. The lowest BCUT2D eigenvalue weighted by atomic mass is 10.1. The lowest BCUT2D eigenvalue weighted by molar-refractivity contribution is 0.0951. The minimum Gasteiger partial charge on any atom is -0.355 e. The van der Waals surface area contributed by atoms with Crippen LogP contribution in [0.15, 0.2) is 59.5 Å². The molecular formula is C17H15N3O2. The molecule has 0 bridgehead atoms. The summed E-state index contributed by atoms with van der Waals surface area (Å²) in [6.07, 6.45) is 4.85. The molecule has 2 aromatic heterocycles. The molecule has 0 saturated carbocycles. The smallest absolute Gasteiger partial charge is 0.257 e. The van der Waals surface area contributed by atoms with Gasteiger partial charge in [-0.3, -0.25) is 9.78 Å². The molecule has 110 valence electrons. The molecule has 0 fully saturated rings. The van der Waals surface area contributed by atoms with Gasteiger partial charge >= 0.3 is 0 Å². The SMILES string of the molecule is Cc1ccc(-c2oncc2C(=O)NCc2cccnc2)cc1. The van der Waals surface area contributed by atoms with Gasteiger partial charge in [-0.15, -0.1) is 0 Å². The van der Waals surface area contributed by atoms with E-state index in [9.17, 15) is 4.79 Å². The Morgan fingerprint density at radius 1 is 1.18 bits per heavy atom. The van der Waals surface area contributed by atoms with Gasteiger partial charge in [-0.1, -0.05) is 41.1 Å². The third-order valence-corrected chi connectivity index (χ3v) is 3.30. The number of aryl methyl sites for hydroxylation is 1. The van der Waals surface area contributed by atoms with Crippen LogP contribution in [0.4, 0.5) is 0 Å². The van der Waals surface area contributed by atoms with Gasteiger partial charge in [0.25, 0.3) is 5.91 Å². The van der Waals surface area contributed by atoms with Gasteiger partial charge in [-0.25, -0.2) is 0 Å². The summed E-state index contributed by atoms with van der Waals surface area (Å²) in [7, 11) is 0. The van der Waals surface area contributed by atoms with Gasteiger partial charge in [0.1, 0.15) is 5.56 Å². The second-order valence-electron chi connectivity index (χ2n) is 4.98. The van der Waals surface area contributed by atoms with Crippen LogP contribution in [0.5, 0.6) is 0 Å². The van der Waals surface area contributed by atoms with E-state index in [2.05, 4.69) is 15.5 Å².